The van der Waals surface area contributed by atoms with E-state index in [1.165, 1.54) is 0 Å². The number of carbonyl (C=O) groups is 1. The maximum Gasteiger partial charge on any atom is 0.327 e. The predicted octanol–water partition coefficient (Wildman–Crippen LogP) is -0.848. The van der Waals surface area contributed by atoms with E-state index in [4.69, 9.17) is 10.2 Å². The van der Waals surface area contributed by atoms with E-state index in [9.17, 15) is 4.79 Å². The third-order valence-electron chi connectivity index (χ3n) is 0.175. The molecule has 0 unspecified atom stereocenters. The summed E-state index contributed by atoms with van der Waals surface area (Å²) in [4.78, 5) is 9.25. The Bertz CT molecular complexity index is 71.7. The van der Waals surface area contributed by atoms with Gasteiger partial charge in [-0.2, -0.15) is 0 Å². The summed E-state index contributed by atoms with van der Waals surface area (Å²) in [6, 6.07) is 0. The molecule has 0 saturated heterocycles. The molecule has 4 heteroatoms. The predicted molar refractivity (Wildman–Crippen MR) is 29.1 cm³/mol. The molecule has 4 nitrogen and oxygen atoms in total. The summed E-state index contributed by atoms with van der Waals surface area (Å²) >= 11 is 0. The molecule has 8 heavy (non-hydrogen) atoms. The van der Waals surface area contributed by atoms with E-state index in [2.05, 4.69) is 12.3 Å². The Morgan fingerprint density at radius 2 is 2.00 bits per heavy atom. The van der Waals surface area contributed by atoms with Gasteiger partial charge in [0.1, 0.15) is 0 Å². The maximum atomic E-state index is 9.25. The van der Waals surface area contributed by atoms with Gasteiger partial charge in [-0.05, 0) is 0 Å². The Morgan fingerprint density at radius 1 is 1.88 bits per heavy atom. The maximum absolute atomic E-state index is 9.25. The number of aliphatic hydroxyl groups excluding tert-OH is 1. The van der Waals surface area contributed by atoms with Crippen LogP contribution in [0.15, 0.2) is 12.7 Å². The minimum Gasteiger partial charge on any atom is -0.478 e. The molecule has 0 fully saturated rings. The van der Waals surface area contributed by atoms with Crippen molar-refractivity contribution in [2.45, 2.75) is 0 Å². The fourth-order valence-electron chi connectivity index (χ4n) is 0. The molecule has 0 rings (SSSR count). The van der Waals surface area contributed by atoms with Crippen molar-refractivity contribution in [2.24, 2.45) is 5.73 Å². The van der Waals surface area contributed by atoms with E-state index in [0.717, 1.165) is 6.08 Å². The van der Waals surface area contributed by atoms with Crippen LogP contribution in [0.25, 0.3) is 0 Å². The Kier molecular flexibility index (Phi) is 12.0. The van der Waals surface area contributed by atoms with Gasteiger partial charge in [-0.3, -0.25) is 0 Å². The lowest BCUT2D eigenvalue weighted by Crippen LogP contribution is -1.92. The lowest BCUT2D eigenvalue weighted by atomic mass is 10.7. The average Bonchev–Trinajstić information content (AvgIpc) is 1.69. The standard InChI is InChI=1S/C3H4O2.CH5NO/c1-2-3(4)5;2-1-3/h2H,1H2,(H,4,5);3H,1-2H2. The normalized spacial score (nSPS) is 6.25. The number of aliphatic carboxylic acids is 1. The van der Waals surface area contributed by atoms with Crippen molar-refractivity contribution in [1.82, 2.24) is 0 Å². The van der Waals surface area contributed by atoms with Gasteiger partial charge < -0.3 is 15.9 Å². The summed E-state index contributed by atoms with van der Waals surface area (Å²) in [6.45, 7) is 2.71. The van der Waals surface area contributed by atoms with Gasteiger partial charge in [0.25, 0.3) is 0 Å². The van der Waals surface area contributed by atoms with E-state index in [0.29, 0.717) is 0 Å². The molecule has 4 N–H and O–H groups in total. The lowest BCUT2D eigenvalue weighted by Gasteiger charge is -1.64. The highest BCUT2D eigenvalue weighted by molar-refractivity contribution is 5.78. The van der Waals surface area contributed by atoms with Crippen LogP contribution < -0.4 is 5.73 Å². The summed E-state index contributed by atoms with van der Waals surface area (Å²) < 4.78 is 0. The Hall–Kier alpha value is -0.870. The second-order valence-electron chi connectivity index (χ2n) is 0.725. The van der Waals surface area contributed by atoms with Crippen molar-refractivity contribution in [3.63, 3.8) is 0 Å². The van der Waals surface area contributed by atoms with Gasteiger partial charge >= 0.3 is 5.97 Å². The molecule has 0 aliphatic carbocycles. The van der Waals surface area contributed by atoms with Crippen LogP contribution in [-0.4, -0.2) is 22.9 Å². The summed E-state index contributed by atoms with van der Waals surface area (Å²) in [5, 5.41) is 15.0. The van der Waals surface area contributed by atoms with Crippen LogP contribution in [0.2, 0.25) is 0 Å². The van der Waals surface area contributed by atoms with E-state index < -0.39 is 5.97 Å². The zero-order valence-electron chi connectivity index (χ0n) is 4.37. The van der Waals surface area contributed by atoms with Crippen LogP contribution in [-0.2, 0) is 4.79 Å². The van der Waals surface area contributed by atoms with Crippen LogP contribution in [0.5, 0.6) is 0 Å². The Balaban J connectivity index is 0. The highest BCUT2D eigenvalue weighted by atomic mass is 16.4. The van der Waals surface area contributed by atoms with Crippen LogP contribution >= 0.6 is 0 Å². The summed E-state index contributed by atoms with van der Waals surface area (Å²) in [5.41, 5.74) is 4.40. The van der Waals surface area contributed by atoms with Crippen molar-refractivity contribution in [2.75, 3.05) is 6.73 Å². The number of rotatable bonds is 1. The molecule has 0 aromatic heterocycles. The summed E-state index contributed by atoms with van der Waals surface area (Å²) in [7, 11) is 0. The summed E-state index contributed by atoms with van der Waals surface area (Å²) in [5.74, 6) is -0.981. The van der Waals surface area contributed by atoms with Crippen molar-refractivity contribution in [3.8, 4) is 0 Å². The highest BCUT2D eigenvalue weighted by Crippen LogP contribution is 1.54. The van der Waals surface area contributed by atoms with Gasteiger partial charge in [0, 0.05) is 6.08 Å². The largest absolute Gasteiger partial charge is 0.478 e. The molecule has 0 heterocycles. The van der Waals surface area contributed by atoms with Crippen LogP contribution in [0, 0.1) is 0 Å². The zero-order chi connectivity index (χ0) is 6.99. The first-order valence-corrected chi connectivity index (χ1v) is 1.85. The van der Waals surface area contributed by atoms with E-state index in [1.54, 1.807) is 0 Å². The molecule has 0 saturated carbocycles. The monoisotopic (exact) mass is 119 g/mol. The molecule has 0 aromatic rings. The van der Waals surface area contributed by atoms with Crippen molar-refractivity contribution in [1.29, 1.82) is 0 Å². The molecular weight excluding hydrogens is 110 g/mol. The number of hydrogen-bond donors (Lipinski definition) is 3. The van der Waals surface area contributed by atoms with Crippen molar-refractivity contribution < 1.29 is 15.0 Å². The van der Waals surface area contributed by atoms with Gasteiger partial charge in [-0.15, -0.1) is 0 Å². The minimum absolute atomic E-state index is 0.250. The second kappa shape index (κ2) is 9.46. The van der Waals surface area contributed by atoms with Crippen LogP contribution in [0.4, 0.5) is 0 Å². The molecule has 48 valence electrons. The molecule has 0 radical (unpaired) electrons. The van der Waals surface area contributed by atoms with Crippen molar-refractivity contribution >= 4 is 5.97 Å². The average molecular weight is 119 g/mol. The minimum atomic E-state index is -0.981. The van der Waals surface area contributed by atoms with Crippen molar-refractivity contribution in [3.05, 3.63) is 12.7 Å². The van der Waals surface area contributed by atoms with Crippen LogP contribution in [0.3, 0.4) is 0 Å². The number of carboxylic acids is 1. The van der Waals surface area contributed by atoms with E-state index >= 15 is 0 Å². The first-order valence-electron chi connectivity index (χ1n) is 1.85. The second-order valence-corrected chi connectivity index (χ2v) is 0.725. The molecule has 0 aliphatic heterocycles. The summed E-state index contributed by atoms with van der Waals surface area (Å²) in [6.07, 6.45) is 0.833. The van der Waals surface area contributed by atoms with E-state index in [-0.39, 0.29) is 6.73 Å². The van der Waals surface area contributed by atoms with Gasteiger partial charge in [0.05, 0.1) is 6.73 Å². The molecule has 0 spiro atoms. The molecular formula is C4H9NO3. The van der Waals surface area contributed by atoms with Crippen LogP contribution in [0.1, 0.15) is 0 Å². The van der Waals surface area contributed by atoms with Gasteiger partial charge in [-0.25, -0.2) is 4.79 Å². The third kappa shape index (κ3) is 68.5. The number of hydrogen-bond acceptors (Lipinski definition) is 3. The van der Waals surface area contributed by atoms with Gasteiger partial charge in [0.15, 0.2) is 0 Å². The topological polar surface area (TPSA) is 83.5 Å². The number of nitrogens with two attached hydrogens (primary N) is 1. The number of carboxylic acid groups (broad SMARTS) is 1. The zero-order valence-corrected chi connectivity index (χ0v) is 4.37. The molecule has 0 amide bonds. The third-order valence-corrected chi connectivity index (χ3v) is 0.175. The molecule has 0 atom stereocenters. The fourth-order valence-corrected chi connectivity index (χ4v) is 0. The lowest BCUT2D eigenvalue weighted by molar-refractivity contribution is -0.131. The fraction of sp³-hybridized carbons (Fsp3) is 0.250. The molecule has 0 aliphatic rings. The molecule has 0 aromatic carbocycles. The SMILES string of the molecule is C=CC(=O)O.NCO. The van der Waals surface area contributed by atoms with E-state index in [1.807, 2.05) is 0 Å². The first-order chi connectivity index (χ1) is 3.68. The smallest absolute Gasteiger partial charge is 0.327 e. The van der Waals surface area contributed by atoms with Gasteiger partial charge in [0.2, 0.25) is 0 Å². The highest BCUT2D eigenvalue weighted by Gasteiger charge is 1.73. The Morgan fingerprint density at radius 3 is 2.00 bits per heavy atom. The Labute approximate surface area is 47.2 Å². The van der Waals surface area contributed by atoms with Gasteiger partial charge in [-0.1, -0.05) is 6.58 Å². The quantitative estimate of drug-likeness (QED) is 0.310. The molecule has 0 bridgehead atoms. The number of aliphatic hydroxyl groups is 1. The first kappa shape index (κ1) is 10.2.